The second-order valence-corrected chi connectivity index (χ2v) is 7.69. The van der Waals surface area contributed by atoms with Crippen LogP contribution >= 0.6 is 0 Å². The molecule has 0 heterocycles. The minimum atomic E-state index is -1.20. The largest absolute Gasteiger partial charge is 0.479 e. The summed E-state index contributed by atoms with van der Waals surface area (Å²) < 4.78 is 5.49. The van der Waals surface area contributed by atoms with E-state index in [0.717, 1.165) is 27.3 Å². The van der Waals surface area contributed by atoms with Crippen LogP contribution in [0, 0.1) is 5.92 Å². The first kappa shape index (κ1) is 22.3. The van der Waals surface area contributed by atoms with Gasteiger partial charge in [0.05, 0.1) is 0 Å². The average Bonchev–Trinajstić information content (AvgIpc) is 3.07. The second-order valence-electron chi connectivity index (χ2n) is 7.69. The van der Waals surface area contributed by atoms with Crippen molar-refractivity contribution < 1.29 is 29.1 Å². The minimum Gasteiger partial charge on any atom is -0.479 e. The number of hydrogen-bond acceptors (Lipinski definition) is 5. The van der Waals surface area contributed by atoms with E-state index in [-0.39, 0.29) is 18.4 Å². The molecule has 8 heteroatoms. The number of amides is 2. The number of nitrogens with zero attached hydrogens (tertiary/aromatic N) is 1. The number of carboxylic acids is 1. The zero-order chi connectivity index (χ0) is 22.5. The van der Waals surface area contributed by atoms with Crippen molar-refractivity contribution in [3.05, 3.63) is 59.7 Å². The molecule has 31 heavy (non-hydrogen) atoms. The van der Waals surface area contributed by atoms with Gasteiger partial charge in [0.25, 0.3) is 5.91 Å². The van der Waals surface area contributed by atoms with Gasteiger partial charge >= 0.3 is 12.1 Å². The van der Waals surface area contributed by atoms with Crippen molar-refractivity contribution in [3.63, 3.8) is 0 Å². The Bertz CT molecular complexity index is 929. The van der Waals surface area contributed by atoms with E-state index in [0.29, 0.717) is 0 Å². The van der Waals surface area contributed by atoms with E-state index in [1.54, 1.807) is 13.8 Å². The number of hydrogen-bond donors (Lipinski definition) is 2. The molecule has 0 saturated heterocycles. The molecule has 0 aromatic heterocycles. The molecule has 164 valence electrons. The lowest BCUT2D eigenvalue weighted by Crippen LogP contribution is -2.50. The lowest BCUT2D eigenvalue weighted by Gasteiger charge is -2.26. The molecule has 0 aliphatic heterocycles. The van der Waals surface area contributed by atoms with Crippen LogP contribution < -0.4 is 5.32 Å². The van der Waals surface area contributed by atoms with Gasteiger partial charge in [-0.3, -0.25) is 9.63 Å². The Labute approximate surface area is 180 Å². The van der Waals surface area contributed by atoms with Gasteiger partial charge in [0.2, 0.25) is 0 Å². The highest BCUT2D eigenvalue weighted by molar-refractivity contribution is 5.85. The Hall–Kier alpha value is -3.39. The molecule has 8 nitrogen and oxygen atoms in total. The highest BCUT2D eigenvalue weighted by Gasteiger charge is 2.31. The first-order chi connectivity index (χ1) is 14.8. The summed E-state index contributed by atoms with van der Waals surface area (Å²) >= 11 is 0. The predicted octanol–water partition coefficient (Wildman–Crippen LogP) is 3.02. The molecule has 1 aliphatic carbocycles. The quantitative estimate of drug-likeness (QED) is 0.629. The topological polar surface area (TPSA) is 105 Å². The normalized spacial score (nSPS) is 13.3. The third-order valence-corrected chi connectivity index (χ3v) is 5.24. The van der Waals surface area contributed by atoms with E-state index >= 15 is 0 Å². The summed E-state index contributed by atoms with van der Waals surface area (Å²) in [6.45, 7) is 3.00. The fraction of sp³-hybridized carbons (Fsp3) is 0.348. The highest BCUT2D eigenvalue weighted by Crippen LogP contribution is 2.44. The molecule has 2 amide bonds. The average molecular weight is 426 g/mol. The van der Waals surface area contributed by atoms with E-state index in [1.807, 2.05) is 36.4 Å². The van der Waals surface area contributed by atoms with Gasteiger partial charge in [-0.2, -0.15) is 0 Å². The first-order valence-electron chi connectivity index (χ1n) is 10.0. The van der Waals surface area contributed by atoms with E-state index in [9.17, 15) is 14.4 Å². The summed E-state index contributed by atoms with van der Waals surface area (Å²) in [5, 5.41) is 12.1. The van der Waals surface area contributed by atoms with Gasteiger partial charge in [-0.25, -0.2) is 14.7 Å². The van der Waals surface area contributed by atoms with Crippen molar-refractivity contribution in [2.75, 3.05) is 20.3 Å². The zero-order valence-corrected chi connectivity index (χ0v) is 17.7. The number of carboxylic acid groups (broad SMARTS) is 1. The maximum absolute atomic E-state index is 12.6. The summed E-state index contributed by atoms with van der Waals surface area (Å²) in [4.78, 5) is 40.6. The predicted molar refractivity (Wildman–Crippen MR) is 113 cm³/mol. The summed E-state index contributed by atoms with van der Waals surface area (Å²) in [5.41, 5.74) is 4.43. The molecule has 1 atom stereocenters. The fourth-order valence-electron chi connectivity index (χ4n) is 3.69. The lowest BCUT2D eigenvalue weighted by molar-refractivity contribution is -0.188. The van der Waals surface area contributed by atoms with Gasteiger partial charge in [0.1, 0.15) is 12.6 Å². The number of fused-ring (bicyclic) bond motifs is 3. The second kappa shape index (κ2) is 9.61. The van der Waals surface area contributed by atoms with Crippen LogP contribution in [0.4, 0.5) is 4.79 Å². The van der Waals surface area contributed by atoms with Crippen LogP contribution in [0.1, 0.15) is 30.9 Å². The summed E-state index contributed by atoms with van der Waals surface area (Å²) in [5.74, 6) is -2.12. The molecular formula is C23H26N2O6. The number of nitrogens with one attached hydrogen (secondary N) is 1. The van der Waals surface area contributed by atoms with E-state index < -0.39 is 30.6 Å². The van der Waals surface area contributed by atoms with E-state index in [4.69, 9.17) is 14.7 Å². The van der Waals surface area contributed by atoms with Crippen molar-refractivity contribution in [2.45, 2.75) is 25.8 Å². The Morgan fingerprint density at radius 1 is 1.03 bits per heavy atom. The number of likely N-dealkylation sites (N-methyl/N-ethyl adjacent to an activating group) is 1. The third kappa shape index (κ3) is 5.03. The van der Waals surface area contributed by atoms with Crippen LogP contribution in [0.2, 0.25) is 0 Å². The number of benzene rings is 2. The molecule has 2 aromatic carbocycles. The molecular weight excluding hydrogens is 400 g/mol. The number of carbonyl (C=O) groups is 3. The van der Waals surface area contributed by atoms with Crippen LogP contribution in [0.5, 0.6) is 0 Å². The molecule has 0 bridgehead atoms. The lowest BCUT2D eigenvalue weighted by atomic mass is 9.98. The van der Waals surface area contributed by atoms with Crippen LogP contribution in [0.3, 0.4) is 0 Å². The summed E-state index contributed by atoms with van der Waals surface area (Å²) in [7, 11) is 1.31. The monoisotopic (exact) mass is 426 g/mol. The van der Waals surface area contributed by atoms with Crippen molar-refractivity contribution in [3.8, 4) is 11.1 Å². The number of hydroxylamine groups is 2. The molecule has 0 radical (unpaired) electrons. The van der Waals surface area contributed by atoms with E-state index in [2.05, 4.69) is 17.4 Å². The van der Waals surface area contributed by atoms with Crippen molar-refractivity contribution >= 4 is 18.0 Å². The number of carbonyl (C=O) groups excluding carboxylic acids is 2. The van der Waals surface area contributed by atoms with Crippen molar-refractivity contribution in [2.24, 2.45) is 5.92 Å². The SMILES string of the molecule is CC(C)[C@H](NC(=O)OCC1c2ccccc2-c2ccccc21)C(=O)N(C)OCC(=O)O. The number of ether oxygens (including phenoxy) is 1. The Morgan fingerprint density at radius 3 is 2.10 bits per heavy atom. The molecule has 0 unspecified atom stereocenters. The van der Waals surface area contributed by atoms with Crippen molar-refractivity contribution in [1.29, 1.82) is 0 Å². The zero-order valence-electron chi connectivity index (χ0n) is 17.7. The van der Waals surface area contributed by atoms with Crippen LogP contribution in [0.25, 0.3) is 11.1 Å². The van der Waals surface area contributed by atoms with Crippen LogP contribution in [-0.4, -0.2) is 54.4 Å². The van der Waals surface area contributed by atoms with Gasteiger partial charge in [-0.15, -0.1) is 0 Å². The Morgan fingerprint density at radius 2 is 1.58 bits per heavy atom. The molecule has 1 aliphatic rings. The summed E-state index contributed by atoms with van der Waals surface area (Å²) in [6.07, 6.45) is -0.722. The highest BCUT2D eigenvalue weighted by atomic mass is 16.7. The van der Waals surface area contributed by atoms with Crippen molar-refractivity contribution in [1.82, 2.24) is 10.4 Å². The molecule has 0 spiro atoms. The minimum absolute atomic E-state index is 0.0899. The maximum atomic E-state index is 12.6. The third-order valence-electron chi connectivity index (χ3n) is 5.24. The Kier molecular flexibility index (Phi) is 6.91. The van der Waals surface area contributed by atoms with Crippen LogP contribution in [0.15, 0.2) is 48.5 Å². The van der Waals surface area contributed by atoms with Gasteiger partial charge in [-0.1, -0.05) is 62.4 Å². The summed E-state index contributed by atoms with van der Waals surface area (Å²) in [6, 6.07) is 15.1. The van der Waals surface area contributed by atoms with E-state index in [1.165, 1.54) is 7.05 Å². The molecule has 0 saturated carbocycles. The fourth-order valence-corrected chi connectivity index (χ4v) is 3.69. The molecule has 2 aromatic rings. The standard InChI is InChI=1S/C23H26N2O6/c1-14(2)21(22(28)25(3)31-13-20(26)27)24-23(29)30-12-19-17-10-6-4-8-15(17)16-9-5-7-11-18(16)19/h4-11,14,19,21H,12-13H2,1-3H3,(H,24,29)(H,26,27)/t21-/m0/s1. The first-order valence-corrected chi connectivity index (χ1v) is 10.0. The number of rotatable bonds is 8. The van der Waals surface area contributed by atoms with Gasteiger partial charge in [-0.05, 0) is 28.2 Å². The number of alkyl carbamates (subject to hydrolysis) is 1. The smallest absolute Gasteiger partial charge is 0.407 e. The molecule has 3 rings (SSSR count). The van der Waals surface area contributed by atoms with Gasteiger partial charge < -0.3 is 15.2 Å². The molecule has 2 N–H and O–H groups in total. The van der Waals surface area contributed by atoms with Gasteiger partial charge in [0, 0.05) is 13.0 Å². The Balaban J connectivity index is 1.65. The maximum Gasteiger partial charge on any atom is 0.407 e. The number of aliphatic carboxylic acids is 1. The van der Waals surface area contributed by atoms with Gasteiger partial charge in [0.15, 0.2) is 6.61 Å². The molecule has 0 fully saturated rings. The van der Waals surface area contributed by atoms with Crippen LogP contribution in [-0.2, 0) is 19.2 Å².